The van der Waals surface area contributed by atoms with Crippen LogP contribution in [0.1, 0.15) is 29.3 Å². The number of benzene rings is 1. The molecule has 0 aliphatic heterocycles. The van der Waals surface area contributed by atoms with Gasteiger partial charge in [0.25, 0.3) is 0 Å². The second-order valence-electron chi connectivity index (χ2n) is 3.91. The van der Waals surface area contributed by atoms with Gasteiger partial charge in [-0.05, 0) is 12.5 Å². The lowest BCUT2D eigenvalue weighted by atomic mass is 10.1. The van der Waals surface area contributed by atoms with Crippen molar-refractivity contribution in [3.05, 3.63) is 48.0 Å². The molecule has 0 spiro atoms. The first-order valence-electron chi connectivity index (χ1n) is 6.13. The zero-order chi connectivity index (χ0) is 14.1. The minimum absolute atomic E-state index is 0.222. The van der Waals surface area contributed by atoms with E-state index in [4.69, 9.17) is 9.47 Å². The molecule has 102 valence electrons. The van der Waals surface area contributed by atoms with Crippen molar-refractivity contribution in [2.24, 2.45) is 0 Å². The monoisotopic (exact) mass is 262 g/mol. The fourth-order valence-electron chi connectivity index (χ4n) is 1.49. The van der Waals surface area contributed by atoms with E-state index in [2.05, 4.69) is 6.58 Å². The fourth-order valence-corrected chi connectivity index (χ4v) is 1.49. The average Bonchev–Trinajstić information content (AvgIpc) is 2.40. The lowest BCUT2D eigenvalue weighted by molar-refractivity contribution is -0.141. The van der Waals surface area contributed by atoms with Crippen LogP contribution in [0.2, 0.25) is 0 Å². The summed E-state index contributed by atoms with van der Waals surface area (Å²) in [4.78, 5) is 23.0. The number of Topliss-reactive ketones (excluding diaryl/α,β-unsaturated/α-hetero) is 1. The Morgan fingerprint density at radius 1 is 1.26 bits per heavy atom. The van der Waals surface area contributed by atoms with Crippen LogP contribution in [0.15, 0.2) is 36.9 Å². The van der Waals surface area contributed by atoms with E-state index >= 15 is 0 Å². The van der Waals surface area contributed by atoms with Gasteiger partial charge in [0.1, 0.15) is 6.42 Å². The van der Waals surface area contributed by atoms with E-state index in [1.807, 2.05) is 12.1 Å². The molecule has 4 heteroatoms. The van der Waals surface area contributed by atoms with Gasteiger partial charge in [0, 0.05) is 5.56 Å². The van der Waals surface area contributed by atoms with Crippen molar-refractivity contribution in [1.82, 2.24) is 0 Å². The summed E-state index contributed by atoms with van der Waals surface area (Å²) in [6.07, 6.45) is 1.46. The highest BCUT2D eigenvalue weighted by molar-refractivity contribution is 6.05. The second-order valence-corrected chi connectivity index (χ2v) is 3.91. The molecule has 0 radical (unpaired) electrons. The lowest BCUT2D eigenvalue weighted by Gasteiger charge is -2.04. The van der Waals surface area contributed by atoms with Crippen LogP contribution >= 0.6 is 0 Å². The molecule has 4 nitrogen and oxygen atoms in total. The highest BCUT2D eigenvalue weighted by Crippen LogP contribution is 2.08. The molecule has 0 atom stereocenters. The maximum atomic E-state index is 11.8. The molecule has 19 heavy (non-hydrogen) atoms. The van der Waals surface area contributed by atoms with Crippen LogP contribution in [0.5, 0.6) is 0 Å². The van der Waals surface area contributed by atoms with Crippen LogP contribution in [0.3, 0.4) is 0 Å². The summed E-state index contributed by atoms with van der Waals surface area (Å²) in [5, 5.41) is 0. The van der Waals surface area contributed by atoms with Crippen molar-refractivity contribution in [2.75, 3.05) is 13.2 Å². The summed E-state index contributed by atoms with van der Waals surface area (Å²) < 4.78 is 10.0. The Balaban J connectivity index is 2.53. The smallest absolute Gasteiger partial charge is 0.313 e. The quantitative estimate of drug-likeness (QED) is 0.237. The number of hydrogen-bond donors (Lipinski definition) is 0. The molecule has 0 saturated carbocycles. The van der Waals surface area contributed by atoms with E-state index in [1.54, 1.807) is 25.1 Å². The predicted molar refractivity (Wildman–Crippen MR) is 71.9 cm³/mol. The molecule has 1 aromatic carbocycles. The molecule has 0 amide bonds. The zero-order valence-electron chi connectivity index (χ0n) is 11.1. The van der Waals surface area contributed by atoms with E-state index in [9.17, 15) is 9.59 Å². The van der Waals surface area contributed by atoms with Crippen molar-refractivity contribution in [2.45, 2.75) is 20.0 Å². The number of hydrogen-bond acceptors (Lipinski definition) is 4. The summed E-state index contributed by atoms with van der Waals surface area (Å²) >= 11 is 0. The van der Waals surface area contributed by atoms with Gasteiger partial charge >= 0.3 is 5.97 Å². The molecule has 0 unspecified atom stereocenters. The number of rotatable bonds is 8. The first kappa shape index (κ1) is 15.1. The summed E-state index contributed by atoms with van der Waals surface area (Å²) in [5.41, 5.74) is 1.47. The minimum atomic E-state index is -0.495. The molecular formula is C15H18O4. The normalized spacial score (nSPS) is 9.95. The molecule has 0 fully saturated rings. The standard InChI is InChI=1S/C15H18O4/c1-3-9-18-11-12-5-7-13(8-6-12)14(16)10-15(17)19-4-2/h3,5-8H,1,4,9-11H2,2H3. The molecule has 1 rings (SSSR count). The Labute approximate surface area is 113 Å². The third kappa shape index (κ3) is 5.48. The van der Waals surface area contributed by atoms with E-state index in [1.165, 1.54) is 0 Å². The summed E-state index contributed by atoms with van der Waals surface area (Å²) in [6, 6.07) is 6.99. The molecule has 0 aliphatic carbocycles. The van der Waals surface area contributed by atoms with Gasteiger partial charge in [-0.2, -0.15) is 0 Å². The lowest BCUT2D eigenvalue weighted by Crippen LogP contribution is -2.11. The highest BCUT2D eigenvalue weighted by Gasteiger charge is 2.12. The molecule has 0 heterocycles. The van der Waals surface area contributed by atoms with Crippen molar-refractivity contribution >= 4 is 11.8 Å². The van der Waals surface area contributed by atoms with Crippen LogP contribution in [0.4, 0.5) is 0 Å². The average molecular weight is 262 g/mol. The van der Waals surface area contributed by atoms with Crippen LogP contribution < -0.4 is 0 Å². The van der Waals surface area contributed by atoms with Crippen LogP contribution in [0, 0.1) is 0 Å². The van der Waals surface area contributed by atoms with Gasteiger partial charge in [0.2, 0.25) is 0 Å². The van der Waals surface area contributed by atoms with Gasteiger partial charge in [-0.25, -0.2) is 0 Å². The Morgan fingerprint density at radius 3 is 2.53 bits per heavy atom. The largest absolute Gasteiger partial charge is 0.466 e. The Morgan fingerprint density at radius 2 is 1.95 bits per heavy atom. The van der Waals surface area contributed by atoms with Crippen LogP contribution in [-0.2, 0) is 20.9 Å². The molecule has 1 aromatic rings. The van der Waals surface area contributed by atoms with Gasteiger partial charge in [0.05, 0.1) is 19.8 Å². The van der Waals surface area contributed by atoms with Crippen molar-refractivity contribution < 1.29 is 19.1 Å². The predicted octanol–water partition coefficient (Wildman–Crippen LogP) is 2.53. The third-order valence-electron chi connectivity index (χ3n) is 2.39. The summed E-state index contributed by atoms with van der Waals surface area (Å²) in [5.74, 6) is -0.733. The maximum absolute atomic E-state index is 11.8. The number of esters is 1. The number of carbonyl (C=O) groups is 2. The SMILES string of the molecule is C=CCOCc1ccc(C(=O)CC(=O)OCC)cc1. The van der Waals surface area contributed by atoms with Crippen molar-refractivity contribution in [3.8, 4) is 0 Å². The van der Waals surface area contributed by atoms with Crippen LogP contribution in [0.25, 0.3) is 0 Å². The molecule has 0 N–H and O–H groups in total. The summed E-state index contributed by atoms with van der Waals surface area (Å²) in [7, 11) is 0. The topological polar surface area (TPSA) is 52.6 Å². The Hall–Kier alpha value is -1.94. The highest BCUT2D eigenvalue weighted by atomic mass is 16.5. The molecule has 0 saturated heterocycles. The van der Waals surface area contributed by atoms with Gasteiger partial charge in [-0.3, -0.25) is 9.59 Å². The maximum Gasteiger partial charge on any atom is 0.313 e. The first-order valence-corrected chi connectivity index (χ1v) is 6.13. The Kier molecular flexibility index (Phi) is 6.53. The molecular weight excluding hydrogens is 244 g/mol. The molecule has 0 aliphatic rings. The van der Waals surface area contributed by atoms with Gasteiger partial charge < -0.3 is 9.47 Å². The van der Waals surface area contributed by atoms with Crippen molar-refractivity contribution in [3.63, 3.8) is 0 Å². The van der Waals surface area contributed by atoms with E-state index in [0.29, 0.717) is 18.8 Å². The van der Waals surface area contributed by atoms with E-state index in [-0.39, 0.29) is 18.8 Å². The van der Waals surface area contributed by atoms with Gasteiger partial charge in [-0.15, -0.1) is 6.58 Å². The summed E-state index contributed by atoms with van der Waals surface area (Å²) in [6.45, 7) is 6.51. The van der Waals surface area contributed by atoms with E-state index in [0.717, 1.165) is 5.56 Å². The van der Waals surface area contributed by atoms with Gasteiger partial charge in [-0.1, -0.05) is 30.3 Å². The van der Waals surface area contributed by atoms with Crippen LogP contribution in [-0.4, -0.2) is 25.0 Å². The van der Waals surface area contributed by atoms with E-state index < -0.39 is 5.97 Å². The zero-order valence-corrected chi connectivity index (χ0v) is 11.1. The number of carbonyl (C=O) groups excluding carboxylic acids is 2. The number of ketones is 1. The Bertz CT molecular complexity index is 434. The van der Waals surface area contributed by atoms with Crippen molar-refractivity contribution in [1.29, 1.82) is 0 Å². The number of ether oxygens (including phenoxy) is 2. The molecule has 0 bridgehead atoms. The fraction of sp³-hybridized carbons (Fsp3) is 0.333. The first-order chi connectivity index (χ1) is 9.17. The minimum Gasteiger partial charge on any atom is -0.466 e. The van der Waals surface area contributed by atoms with Gasteiger partial charge in [0.15, 0.2) is 5.78 Å². The second kappa shape index (κ2) is 8.21. The third-order valence-corrected chi connectivity index (χ3v) is 2.39. The molecule has 0 aromatic heterocycles.